The van der Waals surface area contributed by atoms with E-state index in [0.29, 0.717) is 22.0 Å². The van der Waals surface area contributed by atoms with E-state index in [2.05, 4.69) is 32.2 Å². The van der Waals surface area contributed by atoms with Gasteiger partial charge in [-0.15, -0.1) is 11.3 Å². The number of benzene rings is 1. The molecule has 0 spiro atoms. The van der Waals surface area contributed by atoms with E-state index in [1.807, 2.05) is 0 Å². The zero-order chi connectivity index (χ0) is 21.9. The van der Waals surface area contributed by atoms with Gasteiger partial charge in [0.05, 0.1) is 10.5 Å². The first-order valence-corrected chi connectivity index (χ1v) is 10.8. The molecule has 1 N–H and O–H groups in total. The minimum atomic E-state index is -0.464. The maximum atomic E-state index is 12.4. The number of nitrogens with one attached hydrogen (secondary N) is 1. The minimum absolute atomic E-state index is 0.00369. The van der Waals surface area contributed by atoms with Gasteiger partial charge >= 0.3 is 0 Å². The average molecular weight is 424 g/mol. The van der Waals surface area contributed by atoms with Crippen molar-refractivity contribution in [3.05, 3.63) is 62.0 Å². The van der Waals surface area contributed by atoms with E-state index in [1.54, 1.807) is 18.2 Å². The van der Waals surface area contributed by atoms with Crippen LogP contribution in [0.1, 0.15) is 55.2 Å². The van der Waals surface area contributed by atoms with Gasteiger partial charge in [-0.05, 0) is 59.9 Å². The van der Waals surface area contributed by atoms with Gasteiger partial charge in [-0.1, -0.05) is 27.2 Å². The van der Waals surface area contributed by atoms with Crippen molar-refractivity contribution in [3.63, 3.8) is 0 Å². The van der Waals surface area contributed by atoms with Crippen molar-refractivity contribution in [1.29, 1.82) is 5.26 Å². The number of nitro benzene ring substituents is 1. The summed E-state index contributed by atoms with van der Waals surface area (Å²) in [6.45, 7) is 6.81. The van der Waals surface area contributed by atoms with E-state index >= 15 is 0 Å². The number of carbonyl (C=O) groups is 1. The lowest BCUT2D eigenvalue weighted by atomic mass is 9.69. The summed E-state index contributed by atoms with van der Waals surface area (Å²) in [7, 11) is 0. The molecule has 7 heteroatoms. The van der Waals surface area contributed by atoms with Crippen LogP contribution in [0.5, 0.6) is 0 Å². The van der Waals surface area contributed by atoms with E-state index in [4.69, 9.17) is 0 Å². The van der Waals surface area contributed by atoms with Crippen LogP contribution in [0, 0.1) is 32.8 Å². The van der Waals surface area contributed by atoms with Gasteiger partial charge in [-0.2, -0.15) is 5.26 Å². The average Bonchev–Trinajstić information content (AvgIpc) is 3.08. The predicted molar refractivity (Wildman–Crippen MR) is 119 cm³/mol. The summed E-state index contributed by atoms with van der Waals surface area (Å²) in [4.78, 5) is 23.9. The Balaban J connectivity index is 1.73. The number of nitro groups is 1. The highest BCUT2D eigenvalue weighted by atomic mass is 32.1. The number of anilines is 1. The fraction of sp³-hybridized carbons (Fsp3) is 0.391. The van der Waals surface area contributed by atoms with Crippen LogP contribution >= 0.6 is 11.3 Å². The first-order chi connectivity index (χ1) is 14.2. The lowest BCUT2D eigenvalue weighted by Gasteiger charge is -2.36. The van der Waals surface area contributed by atoms with Crippen LogP contribution in [0.25, 0.3) is 6.08 Å². The zero-order valence-corrected chi connectivity index (χ0v) is 18.2. The Hall–Kier alpha value is -2.98. The monoisotopic (exact) mass is 423 g/mol. The van der Waals surface area contributed by atoms with Gasteiger partial charge < -0.3 is 5.32 Å². The van der Waals surface area contributed by atoms with E-state index < -0.39 is 4.92 Å². The molecule has 0 radical (unpaired) electrons. The molecule has 1 aromatic carbocycles. The highest BCUT2D eigenvalue weighted by Gasteiger charge is 2.34. The fourth-order valence-electron chi connectivity index (χ4n) is 3.78. The molecule has 6 nitrogen and oxygen atoms in total. The molecule has 1 aliphatic carbocycles. The molecule has 0 fully saturated rings. The predicted octanol–water partition coefficient (Wildman–Crippen LogP) is 5.72. The van der Waals surface area contributed by atoms with E-state index in [-0.39, 0.29) is 17.0 Å². The maximum Gasteiger partial charge on any atom is 0.269 e. The Morgan fingerprint density at radius 1 is 1.40 bits per heavy atom. The van der Waals surface area contributed by atoms with E-state index in [9.17, 15) is 20.2 Å². The minimum Gasteiger partial charge on any atom is -0.313 e. The summed E-state index contributed by atoms with van der Waals surface area (Å²) in [6.07, 6.45) is 6.97. The summed E-state index contributed by atoms with van der Waals surface area (Å²) < 4.78 is 0. The molecule has 2 aromatic rings. The number of fused-ring (bicyclic) bond motifs is 1. The topological polar surface area (TPSA) is 96.0 Å². The molecule has 1 heterocycles. The second kappa shape index (κ2) is 8.80. The quantitative estimate of drug-likeness (QED) is 0.365. The van der Waals surface area contributed by atoms with Gasteiger partial charge in [0.2, 0.25) is 5.91 Å². The van der Waals surface area contributed by atoms with Crippen molar-refractivity contribution in [3.8, 4) is 6.07 Å². The lowest BCUT2D eigenvalue weighted by molar-refractivity contribution is -0.384. The Morgan fingerprint density at radius 3 is 2.70 bits per heavy atom. The van der Waals surface area contributed by atoms with Gasteiger partial charge in [0.25, 0.3) is 5.69 Å². The molecule has 30 heavy (non-hydrogen) atoms. The fourth-order valence-corrected chi connectivity index (χ4v) is 5.06. The van der Waals surface area contributed by atoms with Crippen LogP contribution in [0.15, 0.2) is 30.3 Å². The van der Waals surface area contributed by atoms with Crippen molar-refractivity contribution in [2.24, 2.45) is 11.3 Å². The van der Waals surface area contributed by atoms with Crippen molar-refractivity contribution in [2.75, 3.05) is 5.32 Å². The molecule has 0 saturated heterocycles. The highest BCUT2D eigenvalue weighted by molar-refractivity contribution is 7.16. The standard InChI is InChI=1S/C23H25N3O3S/c1-4-23(2,3)16-8-11-18-19(14-24)22(30-20(18)13-16)25-21(27)12-7-15-5-9-17(10-6-15)26(28)29/h5-7,9-10,12,16H,4,8,11,13H2,1-3H3,(H,25,27)/b12-7+/t16-/m1/s1. The number of non-ortho nitro benzene ring substituents is 1. The molecule has 3 rings (SSSR count). The first kappa shape index (κ1) is 21.7. The number of rotatable bonds is 6. The summed E-state index contributed by atoms with van der Waals surface area (Å²) in [5.74, 6) is 0.250. The molecule has 156 valence electrons. The number of carbonyl (C=O) groups excluding carboxylic acids is 1. The van der Waals surface area contributed by atoms with Gasteiger partial charge in [-0.3, -0.25) is 14.9 Å². The molecule has 0 unspecified atom stereocenters. The van der Waals surface area contributed by atoms with Crippen LogP contribution in [0.2, 0.25) is 0 Å². The van der Waals surface area contributed by atoms with Crippen LogP contribution in [-0.2, 0) is 17.6 Å². The van der Waals surface area contributed by atoms with Crippen LogP contribution in [-0.4, -0.2) is 10.8 Å². The molecule has 0 bridgehead atoms. The molecule has 1 aromatic heterocycles. The van der Waals surface area contributed by atoms with Gasteiger partial charge in [-0.25, -0.2) is 0 Å². The Bertz CT molecular complexity index is 1030. The van der Waals surface area contributed by atoms with Crippen LogP contribution in [0.3, 0.4) is 0 Å². The Kier molecular flexibility index (Phi) is 6.37. The maximum absolute atomic E-state index is 12.4. The van der Waals surface area contributed by atoms with Crippen molar-refractivity contribution >= 4 is 34.0 Å². The molecule has 1 aliphatic rings. The smallest absolute Gasteiger partial charge is 0.269 e. The van der Waals surface area contributed by atoms with Gasteiger partial charge in [0.15, 0.2) is 0 Å². The third kappa shape index (κ3) is 4.60. The molecule has 0 aliphatic heterocycles. The van der Waals surface area contributed by atoms with E-state index in [1.165, 1.54) is 34.4 Å². The summed E-state index contributed by atoms with van der Waals surface area (Å²) in [5, 5.41) is 23.8. The van der Waals surface area contributed by atoms with Crippen molar-refractivity contribution < 1.29 is 9.72 Å². The Labute approximate surface area is 180 Å². The van der Waals surface area contributed by atoms with Crippen LogP contribution in [0.4, 0.5) is 10.7 Å². The molecule has 0 saturated carbocycles. The number of hydrogen-bond acceptors (Lipinski definition) is 5. The first-order valence-electron chi connectivity index (χ1n) is 10.0. The zero-order valence-electron chi connectivity index (χ0n) is 17.4. The summed E-state index contributed by atoms with van der Waals surface area (Å²) >= 11 is 1.51. The number of nitriles is 1. The Morgan fingerprint density at radius 2 is 2.10 bits per heavy atom. The van der Waals surface area contributed by atoms with E-state index in [0.717, 1.165) is 31.2 Å². The molecule has 1 amide bonds. The number of nitrogens with zero attached hydrogens (tertiary/aromatic N) is 2. The largest absolute Gasteiger partial charge is 0.313 e. The molecular formula is C23H25N3O3S. The molecular weight excluding hydrogens is 398 g/mol. The second-order valence-corrected chi connectivity index (χ2v) is 9.38. The SMILES string of the molecule is CCC(C)(C)[C@@H]1CCc2c(sc(NC(=O)/C=C/c3ccc([N+](=O)[O-])cc3)c2C#N)C1. The summed E-state index contributed by atoms with van der Waals surface area (Å²) in [5.41, 5.74) is 2.61. The number of thiophene rings is 1. The normalized spacial score (nSPS) is 16.1. The number of hydrogen-bond donors (Lipinski definition) is 1. The third-order valence-electron chi connectivity index (χ3n) is 6.16. The van der Waals surface area contributed by atoms with Crippen LogP contribution < -0.4 is 5.32 Å². The van der Waals surface area contributed by atoms with Crippen molar-refractivity contribution in [1.82, 2.24) is 0 Å². The lowest BCUT2D eigenvalue weighted by Crippen LogP contribution is -2.28. The molecule has 1 atom stereocenters. The van der Waals surface area contributed by atoms with Gasteiger partial charge in [0, 0.05) is 23.1 Å². The van der Waals surface area contributed by atoms with Gasteiger partial charge in [0.1, 0.15) is 11.1 Å². The van der Waals surface area contributed by atoms with Crippen molar-refractivity contribution in [2.45, 2.75) is 46.5 Å². The second-order valence-electron chi connectivity index (χ2n) is 8.27. The number of amides is 1. The summed E-state index contributed by atoms with van der Waals surface area (Å²) in [6, 6.07) is 8.24. The highest BCUT2D eigenvalue weighted by Crippen LogP contribution is 2.45. The third-order valence-corrected chi connectivity index (χ3v) is 7.33.